The molecule has 2 aromatic carbocycles. The maximum absolute atomic E-state index is 14.5. The van der Waals surface area contributed by atoms with Crippen molar-refractivity contribution in [3.63, 3.8) is 0 Å². The lowest BCUT2D eigenvalue weighted by atomic mass is 10.0. The van der Waals surface area contributed by atoms with E-state index in [0.29, 0.717) is 5.69 Å². The summed E-state index contributed by atoms with van der Waals surface area (Å²) in [5, 5.41) is 3.26. The third-order valence-corrected chi connectivity index (χ3v) is 4.52. The van der Waals surface area contributed by atoms with Crippen LogP contribution in [0.1, 0.15) is 5.69 Å². The Morgan fingerprint density at radius 1 is 1.00 bits per heavy atom. The van der Waals surface area contributed by atoms with Crippen LogP contribution in [0.25, 0.3) is 33.4 Å². The zero-order valence-electron chi connectivity index (χ0n) is 15.1. The maximum atomic E-state index is 14.5. The number of halogens is 1. The molecule has 3 nitrogen and oxygen atoms in total. The highest BCUT2D eigenvalue weighted by Gasteiger charge is 2.11. The Morgan fingerprint density at radius 2 is 1.63 bits per heavy atom. The molecule has 27 heavy (non-hydrogen) atoms. The van der Waals surface area contributed by atoms with Gasteiger partial charge in [0.25, 0.3) is 0 Å². The van der Waals surface area contributed by atoms with Gasteiger partial charge in [-0.3, -0.25) is 0 Å². The van der Waals surface area contributed by atoms with E-state index in [-0.39, 0.29) is 5.82 Å². The molecule has 0 fully saturated rings. The molecule has 0 radical (unpaired) electrons. The normalized spacial score (nSPS) is 10.9. The van der Waals surface area contributed by atoms with E-state index in [9.17, 15) is 4.39 Å². The van der Waals surface area contributed by atoms with Crippen LogP contribution in [0.15, 0.2) is 73.3 Å². The van der Waals surface area contributed by atoms with E-state index < -0.39 is 0 Å². The molecule has 134 valence electrons. The number of benzene rings is 2. The Bertz CT molecular complexity index is 1090. The van der Waals surface area contributed by atoms with Gasteiger partial charge in [0.05, 0.1) is 11.0 Å². The molecule has 4 heteroatoms. The fourth-order valence-electron chi connectivity index (χ4n) is 3.16. The second-order valence-corrected chi connectivity index (χ2v) is 6.53. The average molecular weight is 357 g/mol. The summed E-state index contributed by atoms with van der Waals surface area (Å²) in [7, 11) is 0. The summed E-state index contributed by atoms with van der Waals surface area (Å²) in [6, 6.07) is 19.5. The molecule has 2 aromatic heterocycles. The number of aromatic nitrogens is 2. The van der Waals surface area contributed by atoms with Crippen LogP contribution in [0.5, 0.6) is 0 Å². The van der Waals surface area contributed by atoms with Gasteiger partial charge in [-0.15, -0.1) is 6.58 Å². The number of nitrogens with zero attached hydrogens (tertiary/aromatic N) is 1. The van der Waals surface area contributed by atoms with E-state index in [1.807, 2.05) is 55.5 Å². The Labute approximate surface area is 157 Å². The number of fused-ring (bicyclic) bond motifs is 1. The highest BCUT2D eigenvalue weighted by atomic mass is 19.1. The Balaban J connectivity index is 1.62. The minimum absolute atomic E-state index is 0.324. The molecule has 0 aliphatic heterocycles. The number of aryl methyl sites for hydroxylation is 1. The van der Waals surface area contributed by atoms with Gasteiger partial charge in [-0.05, 0) is 36.2 Å². The topological polar surface area (TPSA) is 40.7 Å². The van der Waals surface area contributed by atoms with E-state index >= 15 is 0 Å². The Morgan fingerprint density at radius 3 is 2.30 bits per heavy atom. The van der Waals surface area contributed by atoms with Crippen LogP contribution < -0.4 is 5.32 Å². The van der Waals surface area contributed by atoms with Crippen LogP contribution in [0, 0.1) is 12.7 Å². The molecule has 0 spiro atoms. The zero-order valence-corrected chi connectivity index (χ0v) is 15.1. The maximum Gasteiger partial charge on any atom is 0.151 e. The zero-order chi connectivity index (χ0) is 18.8. The predicted octanol–water partition coefficient (Wildman–Crippen LogP) is 5.94. The van der Waals surface area contributed by atoms with E-state index in [1.165, 1.54) is 6.07 Å². The van der Waals surface area contributed by atoms with Crippen molar-refractivity contribution in [2.45, 2.75) is 6.92 Å². The van der Waals surface area contributed by atoms with E-state index in [4.69, 9.17) is 0 Å². The highest BCUT2D eigenvalue weighted by Crippen LogP contribution is 2.28. The number of anilines is 1. The van der Waals surface area contributed by atoms with Crippen molar-refractivity contribution in [1.29, 1.82) is 0 Å². The third-order valence-electron chi connectivity index (χ3n) is 4.52. The number of hydrogen-bond donors (Lipinski definition) is 2. The standard InChI is InChI=1S/C23H20FN3/c1-3-12-25-19-10-8-17(9-11-19)16-4-6-18(7-5-16)23-20(24)14-22-21(27-23)13-15(2)26-22/h3-11,13-14,25-26H,1,12H2,2H3. The first-order chi connectivity index (χ1) is 13.1. The molecule has 0 amide bonds. The van der Waals surface area contributed by atoms with Crippen LogP contribution in [-0.4, -0.2) is 16.5 Å². The quantitative estimate of drug-likeness (QED) is 0.434. The molecule has 0 atom stereocenters. The van der Waals surface area contributed by atoms with Crippen LogP contribution >= 0.6 is 0 Å². The number of hydrogen-bond acceptors (Lipinski definition) is 2. The second-order valence-electron chi connectivity index (χ2n) is 6.53. The first-order valence-corrected chi connectivity index (χ1v) is 8.85. The summed E-state index contributed by atoms with van der Waals surface area (Å²) in [5.41, 5.74) is 6.83. The molecule has 0 unspecified atom stereocenters. The molecule has 2 heterocycles. The van der Waals surface area contributed by atoms with Crippen molar-refractivity contribution < 1.29 is 4.39 Å². The monoisotopic (exact) mass is 357 g/mol. The van der Waals surface area contributed by atoms with Gasteiger partial charge in [0.2, 0.25) is 0 Å². The molecule has 0 saturated carbocycles. The molecule has 0 bridgehead atoms. The fourth-order valence-corrected chi connectivity index (χ4v) is 3.16. The first-order valence-electron chi connectivity index (χ1n) is 8.85. The lowest BCUT2D eigenvalue weighted by Crippen LogP contribution is -1.96. The van der Waals surface area contributed by atoms with E-state index in [2.05, 4.69) is 34.0 Å². The van der Waals surface area contributed by atoms with Crippen molar-refractivity contribution in [3.8, 4) is 22.4 Å². The van der Waals surface area contributed by atoms with Gasteiger partial charge in [-0.1, -0.05) is 42.5 Å². The van der Waals surface area contributed by atoms with Crippen LogP contribution in [0.4, 0.5) is 10.1 Å². The molecular weight excluding hydrogens is 337 g/mol. The summed E-state index contributed by atoms with van der Waals surface area (Å²) in [5.74, 6) is -0.324. The molecule has 4 aromatic rings. The minimum Gasteiger partial charge on any atom is -0.382 e. The largest absolute Gasteiger partial charge is 0.382 e. The van der Waals surface area contributed by atoms with Crippen molar-refractivity contribution in [2.24, 2.45) is 0 Å². The van der Waals surface area contributed by atoms with Crippen LogP contribution in [-0.2, 0) is 0 Å². The van der Waals surface area contributed by atoms with Crippen molar-refractivity contribution in [3.05, 3.63) is 84.8 Å². The lowest BCUT2D eigenvalue weighted by Gasteiger charge is -2.08. The molecule has 0 aliphatic carbocycles. The summed E-state index contributed by atoms with van der Waals surface area (Å²) in [4.78, 5) is 7.60. The van der Waals surface area contributed by atoms with Gasteiger partial charge in [0, 0.05) is 29.6 Å². The van der Waals surface area contributed by atoms with E-state index in [1.54, 1.807) is 0 Å². The Hall–Kier alpha value is -3.40. The molecule has 0 saturated heterocycles. The summed E-state index contributed by atoms with van der Waals surface area (Å²) < 4.78 is 14.5. The van der Waals surface area contributed by atoms with Gasteiger partial charge >= 0.3 is 0 Å². The molecule has 4 rings (SSSR count). The van der Waals surface area contributed by atoms with E-state index in [0.717, 1.165) is 45.6 Å². The number of pyridine rings is 1. The summed E-state index contributed by atoms with van der Waals surface area (Å²) in [6.45, 7) is 6.37. The SMILES string of the molecule is C=CCNc1ccc(-c2ccc(-c3nc4cc(C)[nH]c4cc3F)cc2)cc1. The highest BCUT2D eigenvalue weighted by molar-refractivity contribution is 5.80. The molecular formula is C23H20FN3. The second kappa shape index (κ2) is 7.08. The predicted molar refractivity (Wildman–Crippen MR) is 110 cm³/mol. The van der Waals surface area contributed by atoms with Gasteiger partial charge in [0.15, 0.2) is 5.82 Å². The molecule has 2 N–H and O–H groups in total. The van der Waals surface area contributed by atoms with Gasteiger partial charge in [-0.2, -0.15) is 0 Å². The fraction of sp³-hybridized carbons (Fsp3) is 0.0870. The smallest absolute Gasteiger partial charge is 0.151 e. The van der Waals surface area contributed by atoms with Gasteiger partial charge in [0.1, 0.15) is 5.69 Å². The minimum atomic E-state index is -0.324. The van der Waals surface area contributed by atoms with Crippen LogP contribution in [0.3, 0.4) is 0 Å². The van der Waals surface area contributed by atoms with Crippen LogP contribution in [0.2, 0.25) is 0 Å². The lowest BCUT2D eigenvalue weighted by molar-refractivity contribution is 0.628. The number of H-pyrrole nitrogens is 1. The van der Waals surface area contributed by atoms with Gasteiger partial charge < -0.3 is 10.3 Å². The van der Waals surface area contributed by atoms with Gasteiger partial charge in [-0.25, -0.2) is 9.37 Å². The summed E-state index contributed by atoms with van der Waals surface area (Å²) in [6.07, 6.45) is 1.83. The number of aromatic amines is 1. The van der Waals surface area contributed by atoms with Crippen molar-refractivity contribution >= 4 is 16.7 Å². The third kappa shape index (κ3) is 3.47. The Kier molecular flexibility index (Phi) is 4.47. The molecule has 0 aliphatic rings. The first kappa shape index (κ1) is 17.0. The average Bonchev–Trinajstić information content (AvgIpc) is 3.05. The van der Waals surface area contributed by atoms with Crippen molar-refractivity contribution in [1.82, 2.24) is 9.97 Å². The van der Waals surface area contributed by atoms with Crippen molar-refractivity contribution in [2.75, 3.05) is 11.9 Å². The summed E-state index contributed by atoms with van der Waals surface area (Å²) >= 11 is 0. The number of rotatable bonds is 5. The number of nitrogens with one attached hydrogen (secondary N) is 2.